The predicted molar refractivity (Wildman–Crippen MR) is 115 cm³/mol. The molecule has 4 N–H and O–H groups in total. The molecule has 0 saturated heterocycles. The van der Waals surface area contributed by atoms with Crippen LogP contribution in [0.15, 0.2) is 58.4 Å². The quantitative estimate of drug-likeness (QED) is 0.723. The van der Waals surface area contributed by atoms with Gasteiger partial charge in [-0.1, -0.05) is 6.08 Å². The third-order valence-corrected chi connectivity index (χ3v) is 5.28. The molecule has 0 aromatic carbocycles. The molecule has 2 atom stereocenters. The molecular weight excluding hydrogens is 366 g/mol. The smallest absolute Gasteiger partial charge is 0.220 e. The molecule has 8 nitrogen and oxygen atoms in total. The zero-order valence-electron chi connectivity index (χ0n) is 16.8. The van der Waals surface area contributed by atoms with E-state index in [-0.39, 0.29) is 12.2 Å². The van der Waals surface area contributed by atoms with Gasteiger partial charge in [-0.2, -0.15) is 0 Å². The van der Waals surface area contributed by atoms with E-state index >= 15 is 0 Å². The van der Waals surface area contributed by atoms with E-state index in [2.05, 4.69) is 33.7 Å². The first-order valence-corrected chi connectivity index (χ1v) is 9.95. The number of fused-ring (bicyclic) bond motifs is 1. The van der Waals surface area contributed by atoms with Crippen molar-refractivity contribution < 1.29 is 4.74 Å². The van der Waals surface area contributed by atoms with Crippen LogP contribution in [0.5, 0.6) is 5.88 Å². The Morgan fingerprint density at radius 3 is 3.17 bits per heavy atom. The largest absolute Gasteiger partial charge is 0.481 e. The molecule has 3 aliphatic rings. The first kappa shape index (κ1) is 19.0. The minimum absolute atomic E-state index is 0.175. The van der Waals surface area contributed by atoms with Crippen molar-refractivity contribution in [2.75, 3.05) is 13.7 Å². The Bertz CT molecular complexity index is 915. The zero-order chi connectivity index (χ0) is 20.2. The lowest BCUT2D eigenvalue weighted by Crippen LogP contribution is -2.47. The molecule has 2 unspecified atom stereocenters. The van der Waals surface area contributed by atoms with Crippen LogP contribution in [0.4, 0.5) is 0 Å². The molecule has 29 heavy (non-hydrogen) atoms. The molecule has 1 fully saturated rings. The number of ether oxygens (including phenoxy) is 1. The number of methoxy groups -OCH3 is 1. The maximum Gasteiger partial charge on any atom is 0.220 e. The van der Waals surface area contributed by atoms with Gasteiger partial charge in [-0.25, -0.2) is 9.98 Å². The van der Waals surface area contributed by atoms with Crippen LogP contribution in [0.2, 0.25) is 0 Å². The van der Waals surface area contributed by atoms with Gasteiger partial charge in [0.15, 0.2) is 6.17 Å². The number of nitrogens with two attached hydrogens (primary N) is 1. The molecule has 2 aliphatic heterocycles. The second-order valence-corrected chi connectivity index (χ2v) is 7.09. The van der Waals surface area contributed by atoms with Crippen molar-refractivity contribution in [3.8, 4) is 5.88 Å². The fourth-order valence-electron chi connectivity index (χ4n) is 3.94. The molecule has 0 bridgehead atoms. The maximum absolute atomic E-state index is 5.84. The molecule has 152 valence electrons. The Morgan fingerprint density at radius 1 is 1.48 bits per heavy atom. The van der Waals surface area contributed by atoms with Crippen molar-refractivity contribution in [1.82, 2.24) is 20.7 Å². The van der Waals surface area contributed by atoms with Crippen molar-refractivity contribution in [1.29, 1.82) is 0 Å². The lowest BCUT2D eigenvalue weighted by Gasteiger charge is -2.28. The summed E-state index contributed by atoms with van der Waals surface area (Å²) in [5.74, 6) is 1.35. The Kier molecular flexibility index (Phi) is 5.50. The maximum atomic E-state index is 5.84. The number of rotatable bonds is 4. The molecule has 1 saturated carbocycles. The van der Waals surface area contributed by atoms with Crippen LogP contribution < -0.4 is 21.2 Å². The van der Waals surface area contributed by atoms with Gasteiger partial charge in [-0.05, 0) is 56.2 Å². The molecule has 0 spiro atoms. The summed E-state index contributed by atoms with van der Waals surface area (Å²) in [5.41, 5.74) is 13.4. The van der Waals surface area contributed by atoms with E-state index < -0.39 is 0 Å². The molecule has 1 aromatic rings. The number of aromatic nitrogens is 1. The van der Waals surface area contributed by atoms with Crippen molar-refractivity contribution >= 4 is 17.2 Å². The summed E-state index contributed by atoms with van der Waals surface area (Å²) in [6.07, 6.45) is 12.0. The molecule has 3 heterocycles. The predicted octanol–water partition coefficient (Wildman–Crippen LogP) is 1.95. The Hall–Kier alpha value is -3.29. The number of hydrogen-bond acceptors (Lipinski definition) is 8. The van der Waals surface area contributed by atoms with Crippen LogP contribution in [-0.2, 0) is 0 Å². The van der Waals surface area contributed by atoms with E-state index in [9.17, 15) is 0 Å². The number of allylic oxidation sites excluding steroid dienone is 2. The van der Waals surface area contributed by atoms with Crippen molar-refractivity contribution in [2.24, 2.45) is 15.7 Å². The minimum atomic E-state index is -0.175. The lowest BCUT2D eigenvalue weighted by atomic mass is 9.89. The number of aliphatic imine (C=N–C) groups is 2. The fourth-order valence-corrected chi connectivity index (χ4v) is 3.94. The van der Waals surface area contributed by atoms with Crippen LogP contribution in [0.25, 0.3) is 5.57 Å². The summed E-state index contributed by atoms with van der Waals surface area (Å²) in [6, 6.07) is 4.17. The van der Waals surface area contributed by atoms with E-state index in [1.165, 1.54) is 0 Å². The molecule has 0 amide bonds. The standard InChI is InChI=1S/C21H27N7O/c1-3-23-18-9-8-15(12-14(18)13-22)25-21-26-19-16(7-5-11-28(19)27-21)17-6-4-10-24-20(17)29-2/h4-7,10-11,13,15,19H,3,8-9,12,22H2,1-2H3,(H2,25,26,27). The first-order valence-electron chi connectivity index (χ1n) is 9.95. The van der Waals surface area contributed by atoms with E-state index in [4.69, 9.17) is 15.5 Å². The van der Waals surface area contributed by atoms with Gasteiger partial charge >= 0.3 is 0 Å². The highest BCUT2D eigenvalue weighted by Crippen LogP contribution is 2.32. The van der Waals surface area contributed by atoms with Crippen LogP contribution >= 0.6 is 0 Å². The molecule has 0 radical (unpaired) electrons. The topological polar surface area (TPSA) is 100 Å². The highest BCUT2D eigenvalue weighted by molar-refractivity contribution is 6.01. The Morgan fingerprint density at radius 2 is 2.38 bits per heavy atom. The highest BCUT2D eigenvalue weighted by atomic mass is 16.5. The number of pyridine rings is 1. The van der Waals surface area contributed by atoms with Gasteiger partial charge in [0.2, 0.25) is 11.8 Å². The summed E-state index contributed by atoms with van der Waals surface area (Å²) < 4.78 is 5.44. The molecule has 1 aliphatic carbocycles. The third kappa shape index (κ3) is 3.83. The summed E-state index contributed by atoms with van der Waals surface area (Å²) in [5, 5.41) is 5.52. The average Bonchev–Trinajstić information content (AvgIpc) is 3.17. The van der Waals surface area contributed by atoms with E-state index in [1.807, 2.05) is 29.4 Å². The minimum Gasteiger partial charge on any atom is -0.481 e. The van der Waals surface area contributed by atoms with E-state index in [0.717, 1.165) is 54.2 Å². The summed E-state index contributed by atoms with van der Waals surface area (Å²) in [6.45, 7) is 2.84. The average molecular weight is 393 g/mol. The SMILES string of the molecule is CCN=C1CCC(NC2=NC3C(c4cccnc4OC)=CC=CN3N2)CC1=CN. The number of nitrogens with zero attached hydrogens (tertiary/aromatic N) is 4. The second kappa shape index (κ2) is 8.38. The summed E-state index contributed by atoms with van der Waals surface area (Å²) in [7, 11) is 1.63. The number of nitrogens with one attached hydrogen (secondary N) is 2. The van der Waals surface area contributed by atoms with Gasteiger partial charge in [0, 0.05) is 41.8 Å². The number of hydrazine groups is 1. The molecule has 1 aromatic heterocycles. The van der Waals surface area contributed by atoms with Gasteiger partial charge < -0.3 is 15.8 Å². The normalized spacial score (nSPS) is 26.1. The second-order valence-electron chi connectivity index (χ2n) is 7.09. The van der Waals surface area contributed by atoms with Gasteiger partial charge in [-0.3, -0.25) is 15.4 Å². The third-order valence-electron chi connectivity index (χ3n) is 5.28. The van der Waals surface area contributed by atoms with Gasteiger partial charge in [0.25, 0.3) is 0 Å². The van der Waals surface area contributed by atoms with E-state index in [1.54, 1.807) is 19.5 Å². The van der Waals surface area contributed by atoms with Crippen LogP contribution in [0, 0.1) is 0 Å². The zero-order valence-corrected chi connectivity index (χ0v) is 16.8. The fraction of sp³-hybridized carbons (Fsp3) is 0.381. The number of guanidine groups is 1. The monoisotopic (exact) mass is 393 g/mol. The van der Waals surface area contributed by atoms with Crippen molar-refractivity contribution in [3.05, 3.63) is 54.0 Å². The van der Waals surface area contributed by atoms with E-state index in [0.29, 0.717) is 5.88 Å². The summed E-state index contributed by atoms with van der Waals surface area (Å²) in [4.78, 5) is 13.8. The number of hydrogen-bond donors (Lipinski definition) is 3. The van der Waals surface area contributed by atoms with Crippen LogP contribution in [0.3, 0.4) is 0 Å². The molecule has 8 heteroatoms. The van der Waals surface area contributed by atoms with Gasteiger partial charge in [-0.15, -0.1) is 0 Å². The molecular formula is C21H27N7O. The van der Waals surface area contributed by atoms with Crippen LogP contribution in [0.1, 0.15) is 31.7 Å². The van der Waals surface area contributed by atoms with Crippen molar-refractivity contribution in [3.63, 3.8) is 0 Å². The van der Waals surface area contributed by atoms with Gasteiger partial charge in [0.1, 0.15) is 0 Å². The first-order chi connectivity index (χ1) is 14.2. The van der Waals surface area contributed by atoms with Crippen LogP contribution in [-0.4, -0.2) is 47.5 Å². The van der Waals surface area contributed by atoms with Crippen molar-refractivity contribution in [2.45, 2.75) is 38.4 Å². The lowest BCUT2D eigenvalue weighted by molar-refractivity contribution is 0.317. The molecule has 4 rings (SSSR count). The summed E-state index contributed by atoms with van der Waals surface area (Å²) >= 11 is 0. The Labute approximate surface area is 170 Å². The van der Waals surface area contributed by atoms with Gasteiger partial charge in [0.05, 0.1) is 7.11 Å². The highest BCUT2D eigenvalue weighted by Gasteiger charge is 2.32. The Balaban J connectivity index is 1.50.